The van der Waals surface area contributed by atoms with E-state index in [1.807, 2.05) is 50.2 Å². The molecule has 2 rings (SSSR count). The molecule has 2 aromatic carbocycles. The molecule has 144 valence electrons. The van der Waals surface area contributed by atoms with Crippen LogP contribution in [0.4, 0.5) is 0 Å². The first-order valence-corrected chi connectivity index (χ1v) is 10.1. The zero-order valence-electron chi connectivity index (χ0n) is 15.5. The number of hydrogen-bond acceptors (Lipinski definition) is 5. The van der Waals surface area contributed by atoms with E-state index in [2.05, 4.69) is 21.2 Å². The molecule has 1 N–H and O–H groups in total. The summed E-state index contributed by atoms with van der Waals surface area (Å²) in [6, 6.07) is 11.5. The number of carbonyl (C=O) groups is 2. The third-order valence-electron chi connectivity index (χ3n) is 3.83. The second-order valence-corrected chi connectivity index (χ2v) is 7.78. The number of rotatable bonds is 8. The van der Waals surface area contributed by atoms with E-state index in [0.29, 0.717) is 12.3 Å². The van der Waals surface area contributed by atoms with Gasteiger partial charge in [-0.3, -0.25) is 9.59 Å². The summed E-state index contributed by atoms with van der Waals surface area (Å²) < 4.78 is 11.3. The maximum Gasteiger partial charge on any atom is 0.316 e. The van der Waals surface area contributed by atoms with Crippen molar-refractivity contribution >= 4 is 39.6 Å². The van der Waals surface area contributed by atoms with Crippen LogP contribution < -0.4 is 10.1 Å². The highest BCUT2D eigenvalue weighted by Crippen LogP contribution is 2.28. The molecule has 2 aromatic rings. The van der Waals surface area contributed by atoms with Gasteiger partial charge in [0.25, 0.3) is 5.91 Å². The minimum absolute atomic E-state index is 0.154. The van der Waals surface area contributed by atoms with Crippen LogP contribution in [0.2, 0.25) is 0 Å². The van der Waals surface area contributed by atoms with Gasteiger partial charge in [-0.25, -0.2) is 0 Å². The lowest BCUT2D eigenvalue weighted by Gasteiger charge is -2.10. The predicted molar refractivity (Wildman–Crippen MR) is 110 cm³/mol. The number of nitrogens with one attached hydrogen (secondary N) is 1. The van der Waals surface area contributed by atoms with Crippen LogP contribution in [-0.4, -0.2) is 31.3 Å². The molecule has 0 saturated heterocycles. The van der Waals surface area contributed by atoms with Crippen molar-refractivity contribution in [1.82, 2.24) is 5.32 Å². The summed E-state index contributed by atoms with van der Waals surface area (Å²) in [6.45, 7) is 4.00. The van der Waals surface area contributed by atoms with Gasteiger partial charge in [-0.05, 0) is 43.2 Å². The number of methoxy groups -OCH3 is 1. The Morgan fingerprint density at radius 2 is 1.89 bits per heavy atom. The van der Waals surface area contributed by atoms with Crippen molar-refractivity contribution in [3.8, 4) is 5.75 Å². The summed E-state index contributed by atoms with van der Waals surface area (Å²) in [4.78, 5) is 24.8. The number of amides is 1. The fourth-order valence-electron chi connectivity index (χ4n) is 2.33. The predicted octanol–water partition coefficient (Wildman–Crippen LogP) is 4.03. The van der Waals surface area contributed by atoms with Crippen LogP contribution in [-0.2, 0) is 20.9 Å². The van der Waals surface area contributed by atoms with Gasteiger partial charge in [0, 0.05) is 21.5 Å². The maximum absolute atomic E-state index is 11.9. The monoisotopic (exact) mass is 451 g/mol. The Bertz CT molecular complexity index is 826. The van der Waals surface area contributed by atoms with Gasteiger partial charge in [-0.2, -0.15) is 0 Å². The van der Waals surface area contributed by atoms with E-state index in [4.69, 9.17) is 9.47 Å². The number of ether oxygens (including phenoxy) is 2. The smallest absolute Gasteiger partial charge is 0.316 e. The van der Waals surface area contributed by atoms with E-state index in [0.717, 1.165) is 26.1 Å². The Labute approximate surface area is 171 Å². The second-order valence-electron chi connectivity index (χ2n) is 5.90. The summed E-state index contributed by atoms with van der Waals surface area (Å²) in [5, 5.41) is 2.72. The summed E-state index contributed by atoms with van der Waals surface area (Å²) in [7, 11) is 1.58. The van der Waals surface area contributed by atoms with Gasteiger partial charge in [0.05, 0.1) is 12.9 Å². The number of esters is 1. The molecule has 0 fully saturated rings. The molecule has 0 spiro atoms. The van der Waals surface area contributed by atoms with Crippen LogP contribution in [0.15, 0.2) is 45.8 Å². The lowest BCUT2D eigenvalue weighted by Crippen LogP contribution is -2.28. The van der Waals surface area contributed by atoms with Gasteiger partial charge in [-0.1, -0.05) is 34.1 Å². The second kappa shape index (κ2) is 10.4. The van der Waals surface area contributed by atoms with Crippen molar-refractivity contribution in [2.24, 2.45) is 0 Å². The van der Waals surface area contributed by atoms with Crippen LogP contribution >= 0.6 is 27.7 Å². The van der Waals surface area contributed by atoms with Gasteiger partial charge in [0.2, 0.25) is 0 Å². The van der Waals surface area contributed by atoms with Gasteiger partial charge in [0.15, 0.2) is 6.61 Å². The normalized spacial score (nSPS) is 10.4. The summed E-state index contributed by atoms with van der Waals surface area (Å²) in [6.07, 6.45) is 0. The molecule has 0 unspecified atom stereocenters. The van der Waals surface area contributed by atoms with E-state index in [-0.39, 0.29) is 18.3 Å². The molecule has 27 heavy (non-hydrogen) atoms. The standard InChI is InChI=1S/C20H22BrNO4S/c1-13-9-18(14(2)8-16(13)21)27-12-20(24)26-11-19(23)22-10-15-6-4-5-7-17(15)25-3/h4-9H,10-12H2,1-3H3,(H,22,23). The first-order chi connectivity index (χ1) is 12.9. The van der Waals surface area contributed by atoms with Gasteiger partial charge >= 0.3 is 5.97 Å². The highest BCUT2D eigenvalue weighted by atomic mass is 79.9. The lowest BCUT2D eigenvalue weighted by atomic mass is 10.2. The Hall–Kier alpha value is -1.99. The molecule has 0 heterocycles. The number of hydrogen-bond donors (Lipinski definition) is 1. The minimum atomic E-state index is -0.424. The van der Waals surface area contributed by atoms with Gasteiger partial charge < -0.3 is 14.8 Å². The zero-order chi connectivity index (χ0) is 19.8. The Kier molecular flexibility index (Phi) is 8.19. The minimum Gasteiger partial charge on any atom is -0.496 e. The molecule has 0 saturated carbocycles. The fourth-order valence-corrected chi connectivity index (χ4v) is 3.69. The number of benzene rings is 2. The molecule has 0 aliphatic carbocycles. The van der Waals surface area contributed by atoms with E-state index < -0.39 is 5.97 Å². The van der Waals surface area contributed by atoms with E-state index in [1.54, 1.807) is 7.11 Å². The molecule has 0 radical (unpaired) electrons. The average Bonchev–Trinajstić information content (AvgIpc) is 2.66. The third-order valence-corrected chi connectivity index (χ3v) is 5.82. The molecule has 1 amide bonds. The van der Waals surface area contributed by atoms with Crippen molar-refractivity contribution in [2.45, 2.75) is 25.3 Å². The van der Waals surface area contributed by atoms with Crippen LogP contribution in [0.25, 0.3) is 0 Å². The molecule has 7 heteroatoms. The SMILES string of the molecule is COc1ccccc1CNC(=O)COC(=O)CSc1cc(C)c(Br)cc1C. The fraction of sp³-hybridized carbons (Fsp3) is 0.300. The largest absolute Gasteiger partial charge is 0.496 e. The first-order valence-electron chi connectivity index (χ1n) is 8.34. The number of thioether (sulfide) groups is 1. The average molecular weight is 452 g/mol. The van der Waals surface area contributed by atoms with Gasteiger partial charge in [0.1, 0.15) is 5.75 Å². The Morgan fingerprint density at radius 1 is 1.15 bits per heavy atom. The highest BCUT2D eigenvalue weighted by Gasteiger charge is 2.11. The van der Waals surface area contributed by atoms with Crippen molar-refractivity contribution in [3.05, 3.63) is 57.6 Å². The molecular weight excluding hydrogens is 430 g/mol. The highest BCUT2D eigenvalue weighted by molar-refractivity contribution is 9.10. The summed E-state index contributed by atoms with van der Waals surface area (Å²) in [5.74, 6) is 0.0792. The van der Waals surface area contributed by atoms with Crippen LogP contribution in [0.3, 0.4) is 0 Å². The number of carbonyl (C=O) groups excluding carboxylic acids is 2. The molecular formula is C20H22BrNO4S. The van der Waals surface area contributed by atoms with Crippen molar-refractivity contribution < 1.29 is 19.1 Å². The van der Waals surface area contributed by atoms with Crippen LogP contribution in [0.1, 0.15) is 16.7 Å². The first kappa shape index (κ1) is 21.3. The van der Waals surface area contributed by atoms with Crippen LogP contribution in [0.5, 0.6) is 5.75 Å². The molecule has 0 aliphatic rings. The zero-order valence-corrected chi connectivity index (χ0v) is 17.9. The molecule has 0 aliphatic heterocycles. The molecule has 0 aromatic heterocycles. The quantitative estimate of drug-likeness (QED) is 0.484. The number of para-hydroxylation sites is 1. The molecule has 0 atom stereocenters. The molecule has 0 bridgehead atoms. The maximum atomic E-state index is 11.9. The van der Waals surface area contributed by atoms with E-state index in [9.17, 15) is 9.59 Å². The Balaban J connectivity index is 1.75. The van der Waals surface area contributed by atoms with Crippen molar-refractivity contribution in [3.63, 3.8) is 0 Å². The van der Waals surface area contributed by atoms with Crippen molar-refractivity contribution in [2.75, 3.05) is 19.5 Å². The summed E-state index contributed by atoms with van der Waals surface area (Å²) >= 11 is 4.89. The molecule has 5 nitrogen and oxygen atoms in total. The van der Waals surface area contributed by atoms with Crippen molar-refractivity contribution in [1.29, 1.82) is 0 Å². The lowest BCUT2D eigenvalue weighted by molar-refractivity contribution is -0.145. The van der Waals surface area contributed by atoms with E-state index >= 15 is 0 Å². The van der Waals surface area contributed by atoms with E-state index in [1.165, 1.54) is 11.8 Å². The topological polar surface area (TPSA) is 64.6 Å². The Morgan fingerprint density at radius 3 is 2.63 bits per heavy atom. The third kappa shape index (κ3) is 6.59. The number of aryl methyl sites for hydroxylation is 2. The number of halogens is 1. The summed E-state index contributed by atoms with van der Waals surface area (Å²) in [5.41, 5.74) is 3.04. The van der Waals surface area contributed by atoms with Crippen LogP contribution in [0, 0.1) is 13.8 Å². The van der Waals surface area contributed by atoms with Gasteiger partial charge in [-0.15, -0.1) is 11.8 Å².